The van der Waals surface area contributed by atoms with Crippen molar-refractivity contribution in [3.05, 3.63) is 0 Å². The summed E-state index contributed by atoms with van der Waals surface area (Å²) in [6, 6.07) is 0.426. The molecule has 0 spiro atoms. The van der Waals surface area contributed by atoms with Crippen molar-refractivity contribution in [3.63, 3.8) is 0 Å². The Hall–Kier alpha value is 0.0500. The van der Waals surface area contributed by atoms with Crippen LogP contribution in [0.2, 0.25) is 0 Å². The Morgan fingerprint density at radius 2 is 2.00 bits per heavy atom. The van der Waals surface area contributed by atoms with Gasteiger partial charge in [-0.05, 0) is 26.4 Å². The summed E-state index contributed by atoms with van der Waals surface area (Å²) in [7, 11) is 4.01. The Balaban J connectivity index is 3.33. The van der Waals surface area contributed by atoms with Gasteiger partial charge in [-0.15, -0.1) is 0 Å². The summed E-state index contributed by atoms with van der Waals surface area (Å²) in [5.74, 6) is 0. The van der Waals surface area contributed by atoms with E-state index in [0.717, 1.165) is 0 Å². The zero-order chi connectivity index (χ0) is 5.86. The molecule has 0 radical (unpaired) electrons. The molecule has 0 aliphatic carbocycles. The SMILES string of the molecule is CC(C=S)N(C)C. The number of hydrogen-bond acceptors (Lipinski definition) is 2. The molecule has 0 N–H and O–H groups in total. The lowest BCUT2D eigenvalue weighted by molar-refractivity contribution is 0.389. The van der Waals surface area contributed by atoms with Crippen LogP contribution in [0.4, 0.5) is 0 Å². The lowest BCUT2D eigenvalue weighted by atomic mass is 10.4. The van der Waals surface area contributed by atoms with Crippen molar-refractivity contribution in [2.45, 2.75) is 13.0 Å². The molecule has 1 unspecified atom stereocenters. The minimum absolute atomic E-state index is 0.426. The minimum Gasteiger partial charge on any atom is -0.302 e. The largest absolute Gasteiger partial charge is 0.302 e. The molecular formula is C5H11NS. The highest BCUT2D eigenvalue weighted by atomic mass is 32.1. The average molecular weight is 117 g/mol. The fourth-order valence-electron chi connectivity index (χ4n) is 0.122. The average Bonchev–Trinajstić information content (AvgIpc) is 1.65. The van der Waals surface area contributed by atoms with Gasteiger partial charge in [0.15, 0.2) is 0 Å². The molecule has 1 atom stereocenters. The molecule has 0 aliphatic rings. The second kappa shape index (κ2) is 3.10. The molecule has 0 fully saturated rings. The van der Waals surface area contributed by atoms with Crippen LogP contribution in [0, 0.1) is 0 Å². The molecule has 0 rings (SSSR count). The molecule has 7 heavy (non-hydrogen) atoms. The molecule has 0 aromatic carbocycles. The Labute approximate surface area is 50.3 Å². The molecule has 0 bridgehead atoms. The van der Waals surface area contributed by atoms with Gasteiger partial charge in [0.25, 0.3) is 0 Å². The van der Waals surface area contributed by atoms with E-state index in [1.165, 1.54) is 0 Å². The van der Waals surface area contributed by atoms with Crippen LogP contribution < -0.4 is 0 Å². The van der Waals surface area contributed by atoms with E-state index in [4.69, 9.17) is 0 Å². The number of thiocarbonyl (C=S) groups is 1. The summed E-state index contributed by atoms with van der Waals surface area (Å²) in [5.41, 5.74) is 0. The second-order valence-electron chi connectivity index (χ2n) is 1.84. The van der Waals surface area contributed by atoms with Crippen molar-refractivity contribution in [1.29, 1.82) is 0 Å². The maximum absolute atomic E-state index is 4.68. The highest BCUT2D eigenvalue weighted by Crippen LogP contribution is 1.84. The van der Waals surface area contributed by atoms with E-state index in [-0.39, 0.29) is 0 Å². The molecule has 0 aromatic rings. The van der Waals surface area contributed by atoms with Gasteiger partial charge >= 0.3 is 0 Å². The third-order valence-corrected chi connectivity index (χ3v) is 1.41. The molecule has 0 saturated carbocycles. The predicted octanol–water partition coefficient (Wildman–Crippen LogP) is 0.936. The van der Waals surface area contributed by atoms with Crippen LogP contribution in [-0.4, -0.2) is 30.4 Å². The first-order chi connectivity index (χ1) is 3.18. The van der Waals surface area contributed by atoms with Crippen molar-refractivity contribution in [2.24, 2.45) is 0 Å². The van der Waals surface area contributed by atoms with E-state index in [2.05, 4.69) is 24.0 Å². The first kappa shape index (κ1) is 7.05. The van der Waals surface area contributed by atoms with Crippen LogP contribution >= 0.6 is 12.2 Å². The van der Waals surface area contributed by atoms with Crippen molar-refractivity contribution >= 4 is 17.6 Å². The second-order valence-corrected chi connectivity index (χ2v) is 2.11. The predicted molar refractivity (Wildman–Crippen MR) is 36.8 cm³/mol. The maximum atomic E-state index is 4.68. The van der Waals surface area contributed by atoms with Gasteiger partial charge in [0.05, 0.1) is 0 Å². The monoisotopic (exact) mass is 117 g/mol. The van der Waals surface area contributed by atoms with Crippen LogP contribution in [0.1, 0.15) is 6.92 Å². The van der Waals surface area contributed by atoms with Crippen molar-refractivity contribution in [3.8, 4) is 0 Å². The van der Waals surface area contributed by atoms with Gasteiger partial charge in [0.2, 0.25) is 0 Å². The Bertz CT molecular complexity index is 61.1. The lowest BCUT2D eigenvalue weighted by Gasteiger charge is -2.12. The van der Waals surface area contributed by atoms with Crippen molar-refractivity contribution < 1.29 is 0 Å². The fraction of sp³-hybridized carbons (Fsp3) is 0.800. The van der Waals surface area contributed by atoms with E-state index < -0.39 is 0 Å². The van der Waals surface area contributed by atoms with Crippen LogP contribution in [0.5, 0.6) is 0 Å². The van der Waals surface area contributed by atoms with E-state index in [0.29, 0.717) is 6.04 Å². The minimum atomic E-state index is 0.426. The summed E-state index contributed by atoms with van der Waals surface area (Å²) in [6.45, 7) is 2.06. The third-order valence-electron chi connectivity index (χ3n) is 1.01. The highest BCUT2D eigenvalue weighted by Gasteiger charge is 1.95. The molecule has 0 saturated heterocycles. The molecule has 2 heteroatoms. The number of nitrogens with zero attached hydrogens (tertiary/aromatic N) is 1. The molecule has 0 amide bonds. The van der Waals surface area contributed by atoms with Gasteiger partial charge < -0.3 is 4.90 Å². The first-order valence-electron chi connectivity index (χ1n) is 2.30. The normalized spacial score (nSPS) is 14.3. The van der Waals surface area contributed by atoms with Gasteiger partial charge in [-0.1, -0.05) is 12.2 Å². The fourth-order valence-corrected chi connectivity index (χ4v) is 0.365. The van der Waals surface area contributed by atoms with Crippen molar-refractivity contribution in [1.82, 2.24) is 4.90 Å². The van der Waals surface area contributed by atoms with Gasteiger partial charge in [0.1, 0.15) is 0 Å². The molecule has 0 aromatic heterocycles. The summed E-state index contributed by atoms with van der Waals surface area (Å²) in [4.78, 5) is 2.06. The van der Waals surface area contributed by atoms with Crippen LogP contribution in [0.3, 0.4) is 0 Å². The standard InChI is InChI=1S/C5H11NS/c1-5(4-7)6(2)3/h4-5H,1-3H3. The zero-order valence-corrected chi connectivity index (χ0v) is 5.83. The maximum Gasteiger partial charge on any atom is 0.0346 e. The van der Waals surface area contributed by atoms with E-state index in [1.807, 2.05) is 14.1 Å². The van der Waals surface area contributed by atoms with Gasteiger partial charge in [0, 0.05) is 6.04 Å². The molecule has 0 heterocycles. The topological polar surface area (TPSA) is 3.24 Å². The first-order valence-corrected chi connectivity index (χ1v) is 2.77. The summed E-state index contributed by atoms with van der Waals surface area (Å²) in [5, 5.41) is 1.75. The smallest absolute Gasteiger partial charge is 0.0346 e. The van der Waals surface area contributed by atoms with Gasteiger partial charge in [-0.3, -0.25) is 0 Å². The van der Waals surface area contributed by atoms with E-state index in [1.54, 1.807) is 5.37 Å². The summed E-state index contributed by atoms with van der Waals surface area (Å²) < 4.78 is 0. The summed E-state index contributed by atoms with van der Waals surface area (Å²) >= 11 is 4.68. The Morgan fingerprint density at radius 1 is 1.57 bits per heavy atom. The van der Waals surface area contributed by atoms with Gasteiger partial charge in [-0.25, -0.2) is 0 Å². The Kier molecular flexibility index (Phi) is 3.13. The molecular weight excluding hydrogens is 106 g/mol. The third kappa shape index (κ3) is 2.71. The Morgan fingerprint density at radius 3 is 2.00 bits per heavy atom. The summed E-state index contributed by atoms with van der Waals surface area (Å²) in [6.07, 6.45) is 0. The molecule has 0 aliphatic heterocycles. The van der Waals surface area contributed by atoms with E-state index >= 15 is 0 Å². The van der Waals surface area contributed by atoms with Crippen LogP contribution in [0.15, 0.2) is 0 Å². The molecule has 1 nitrogen and oxygen atoms in total. The molecule has 42 valence electrons. The quantitative estimate of drug-likeness (QED) is 0.495. The number of rotatable bonds is 2. The van der Waals surface area contributed by atoms with Gasteiger partial charge in [-0.2, -0.15) is 0 Å². The van der Waals surface area contributed by atoms with Crippen LogP contribution in [-0.2, 0) is 0 Å². The van der Waals surface area contributed by atoms with Crippen LogP contribution in [0.25, 0.3) is 0 Å². The number of hydrogen-bond donors (Lipinski definition) is 0. The zero-order valence-electron chi connectivity index (χ0n) is 5.01. The lowest BCUT2D eigenvalue weighted by Crippen LogP contribution is -2.24. The highest BCUT2D eigenvalue weighted by molar-refractivity contribution is 7.79. The van der Waals surface area contributed by atoms with Crippen molar-refractivity contribution in [2.75, 3.05) is 14.1 Å². The van der Waals surface area contributed by atoms with E-state index in [9.17, 15) is 0 Å².